The summed E-state index contributed by atoms with van der Waals surface area (Å²) in [5, 5.41) is 9.91. The van der Waals surface area contributed by atoms with Gasteiger partial charge in [-0.3, -0.25) is 0 Å². The molecule has 6 nitrogen and oxygen atoms in total. The minimum atomic E-state index is -3.68. The van der Waals surface area contributed by atoms with Crippen LogP contribution in [0.5, 0.6) is 0 Å². The van der Waals surface area contributed by atoms with Gasteiger partial charge in [-0.15, -0.1) is 0 Å². The number of aliphatic hydroxyl groups is 1. The predicted molar refractivity (Wildman–Crippen MR) is 67.7 cm³/mol. The van der Waals surface area contributed by atoms with E-state index in [1.165, 1.54) is 16.6 Å². The first-order valence-electron chi connectivity index (χ1n) is 5.36. The Bertz CT molecular complexity index is 574. The number of sulfonamides is 1. The lowest BCUT2D eigenvalue weighted by Gasteiger charge is -2.18. The molecular formula is C10H14ClN3O3S. The van der Waals surface area contributed by atoms with Gasteiger partial charge in [-0.1, -0.05) is 11.6 Å². The second kappa shape index (κ2) is 4.34. The van der Waals surface area contributed by atoms with E-state index >= 15 is 0 Å². The van der Waals surface area contributed by atoms with E-state index in [1.54, 1.807) is 6.92 Å². The molecule has 1 aromatic rings. The van der Waals surface area contributed by atoms with Crippen molar-refractivity contribution in [3.8, 4) is 0 Å². The van der Waals surface area contributed by atoms with Gasteiger partial charge in [0.05, 0.1) is 10.6 Å². The molecular weight excluding hydrogens is 278 g/mol. The molecule has 1 aromatic heterocycles. The van der Waals surface area contributed by atoms with Crippen LogP contribution in [0, 0.1) is 0 Å². The first-order chi connectivity index (χ1) is 8.22. The van der Waals surface area contributed by atoms with Crippen LogP contribution in [0.15, 0.2) is 17.2 Å². The zero-order valence-electron chi connectivity index (χ0n) is 9.80. The summed E-state index contributed by atoms with van der Waals surface area (Å²) in [5.74, 6) is 0.0871. The molecule has 2 heterocycles. The van der Waals surface area contributed by atoms with Crippen molar-refractivity contribution in [2.45, 2.75) is 23.8 Å². The standard InChI is InChI=1S/C10H14ClN3O3S/c1-10(15)2-3-14(6-10)18(16,17)7-4-8(11)9(12)13-5-7/h4-5,15H,2-3,6H2,1H3,(H2,12,13). The average Bonchev–Trinajstić information content (AvgIpc) is 2.63. The fourth-order valence-corrected chi connectivity index (χ4v) is 3.59. The smallest absolute Gasteiger partial charge is 0.244 e. The van der Waals surface area contributed by atoms with Crippen LogP contribution in [0.4, 0.5) is 5.82 Å². The topological polar surface area (TPSA) is 96.5 Å². The van der Waals surface area contributed by atoms with E-state index in [4.69, 9.17) is 17.3 Å². The SMILES string of the molecule is CC1(O)CCN(S(=O)(=O)c2cnc(N)c(Cl)c2)C1. The zero-order valence-corrected chi connectivity index (χ0v) is 11.4. The van der Waals surface area contributed by atoms with Gasteiger partial charge in [0.2, 0.25) is 10.0 Å². The molecule has 0 spiro atoms. The Morgan fingerprint density at radius 2 is 2.28 bits per heavy atom. The Morgan fingerprint density at radius 1 is 1.61 bits per heavy atom. The molecule has 1 fully saturated rings. The summed E-state index contributed by atoms with van der Waals surface area (Å²) < 4.78 is 25.7. The lowest BCUT2D eigenvalue weighted by atomic mass is 10.1. The third kappa shape index (κ3) is 2.44. The molecule has 1 saturated heterocycles. The fourth-order valence-electron chi connectivity index (χ4n) is 1.83. The van der Waals surface area contributed by atoms with Crippen molar-refractivity contribution in [3.63, 3.8) is 0 Å². The summed E-state index contributed by atoms with van der Waals surface area (Å²) in [5.41, 5.74) is 4.45. The molecule has 0 saturated carbocycles. The van der Waals surface area contributed by atoms with Crippen LogP contribution in [0.1, 0.15) is 13.3 Å². The van der Waals surface area contributed by atoms with Gasteiger partial charge in [0, 0.05) is 19.3 Å². The van der Waals surface area contributed by atoms with Gasteiger partial charge in [-0.05, 0) is 19.4 Å². The number of hydrogen-bond donors (Lipinski definition) is 2. The first-order valence-corrected chi connectivity index (χ1v) is 7.18. The average molecular weight is 292 g/mol. The molecule has 8 heteroatoms. The second-order valence-electron chi connectivity index (χ2n) is 4.62. The Hall–Kier alpha value is -0.890. The zero-order chi connectivity index (χ0) is 13.6. The molecule has 1 unspecified atom stereocenters. The van der Waals surface area contributed by atoms with Gasteiger partial charge >= 0.3 is 0 Å². The Kier molecular flexibility index (Phi) is 3.26. The number of pyridine rings is 1. The van der Waals surface area contributed by atoms with Crippen molar-refractivity contribution in [2.75, 3.05) is 18.8 Å². The Balaban J connectivity index is 2.34. The van der Waals surface area contributed by atoms with Crippen LogP contribution in [0.3, 0.4) is 0 Å². The van der Waals surface area contributed by atoms with E-state index in [1.807, 2.05) is 0 Å². The molecule has 100 valence electrons. The largest absolute Gasteiger partial charge is 0.389 e. The molecule has 0 amide bonds. The van der Waals surface area contributed by atoms with Gasteiger partial charge in [0.15, 0.2) is 0 Å². The normalized spacial score (nSPS) is 25.5. The number of nitrogen functional groups attached to an aromatic ring is 1. The molecule has 0 aromatic carbocycles. The van der Waals surface area contributed by atoms with Crippen LogP contribution < -0.4 is 5.73 Å². The van der Waals surface area contributed by atoms with Crippen molar-refractivity contribution < 1.29 is 13.5 Å². The number of β-amino-alcohol motifs (C(OH)–C–C–N with tert-alkyl or cyclic N) is 1. The predicted octanol–water partition coefficient (Wildman–Crippen LogP) is 0.463. The highest BCUT2D eigenvalue weighted by Crippen LogP contribution is 2.28. The molecule has 18 heavy (non-hydrogen) atoms. The maximum atomic E-state index is 12.3. The summed E-state index contributed by atoms with van der Waals surface area (Å²) >= 11 is 5.76. The van der Waals surface area contributed by atoms with Gasteiger partial charge in [-0.2, -0.15) is 4.31 Å². The highest BCUT2D eigenvalue weighted by Gasteiger charge is 2.38. The Morgan fingerprint density at radius 3 is 2.78 bits per heavy atom. The summed E-state index contributed by atoms with van der Waals surface area (Å²) in [6.45, 7) is 1.95. The number of hydrogen-bond acceptors (Lipinski definition) is 5. The van der Waals surface area contributed by atoms with Crippen molar-refractivity contribution in [1.29, 1.82) is 0 Å². The molecule has 0 bridgehead atoms. The van der Waals surface area contributed by atoms with E-state index in [9.17, 15) is 13.5 Å². The first kappa shape index (κ1) is 13.5. The number of halogens is 1. The summed E-state index contributed by atoms with van der Waals surface area (Å²) in [4.78, 5) is 3.72. The summed E-state index contributed by atoms with van der Waals surface area (Å²) in [6.07, 6.45) is 1.58. The second-order valence-corrected chi connectivity index (χ2v) is 6.97. The number of rotatable bonds is 2. The number of nitrogens with zero attached hydrogens (tertiary/aromatic N) is 2. The van der Waals surface area contributed by atoms with Crippen molar-refractivity contribution in [1.82, 2.24) is 9.29 Å². The van der Waals surface area contributed by atoms with E-state index in [-0.39, 0.29) is 28.8 Å². The maximum Gasteiger partial charge on any atom is 0.244 e. The Labute approximate surface area is 110 Å². The monoisotopic (exact) mass is 291 g/mol. The highest BCUT2D eigenvalue weighted by molar-refractivity contribution is 7.89. The highest BCUT2D eigenvalue weighted by atomic mass is 35.5. The van der Waals surface area contributed by atoms with Gasteiger partial charge in [-0.25, -0.2) is 13.4 Å². The lowest BCUT2D eigenvalue weighted by Crippen LogP contribution is -2.34. The van der Waals surface area contributed by atoms with Crippen LogP contribution in [-0.4, -0.2) is 41.5 Å². The van der Waals surface area contributed by atoms with E-state index in [2.05, 4.69) is 4.98 Å². The quantitative estimate of drug-likeness (QED) is 0.825. The third-order valence-electron chi connectivity index (χ3n) is 2.90. The van der Waals surface area contributed by atoms with Crippen LogP contribution in [0.25, 0.3) is 0 Å². The van der Waals surface area contributed by atoms with Crippen LogP contribution >= 0.6 is 11.6 Å². The molecule has 2 rings (SSSR count). The van der Waals surface area contributed by atoms with Gasteiger partial charge in [0.1, 0.15) is 10.7 Å². The molecule has 0 aliphatic carbocycles. The van der Waals surface area contributed by atoms with Gasteiger partial charge in [0.25, 0.3) is 0 Å². The number of anilines is 1. The minimum absolute atomic E-state index is 0.0144. The molecule has 1 atom stereocenters. The molecule has 3 N–H and O–H groups in total. The van der Waals surface area contributed by atoms with Crippen LogP contribution in [0.2, 0.25) is 5.02 Å². The summed E-state index contributed by atoms with van der Waals surface area (Å²) in [6, 6.07) is 1.27. The van der Waals surface area contributed by atoms with E-state index < -0.39 is 15.6 Å². The lowest BCUT2D eigenvalue weighted by molar-refractivity contribution is 0.0762. The van der Waals surface area contributed by atoms with Crippen LogP contribution in [-0.2, 0) is 10.0 Å². The molecule has 1 aliphatic rings. The minimum Gasteiger partial charge on any atom is -0.389 e. The van der Waals surface area contributed by atoms with Gasteiger partial charge < -0.3 is 10.8 Å². The van der Waals surface area contributed by atoms with Crippen molar-refractivity contribution in [3.05, 3.63) is 17.3 Å². The van der Waals surface area contributed by atoms with Crippen molar-refractivity contribution >= 4 is 27.4 Å². The fraction of sp³-hybridized carbons (Fsp3) is 0.500. The molecule has 0 radical (unpaired) electrons. The number of aromatic nitrogens is 1. The van der Waals surface area contributed by atoms with Crippen molar-refractivity contribution in [2.24, 2.45) is 0 Å². The summed E-state index contributed by atoms with van der Waals surface area (Å²) in [7, 11) is -3.68. The number of nitrogens with two attached hydrogens (primary N) is 1. The van der Waals surface area contributed by atoms with E-state index in [0.29, 0.717) is 6.42 Å². The molecule has 1 aliphatic heterocycles. The van der Waals surface area contributed by atoms with E-state index in [0.717, 1.165) is 0 Å². The third-order valence-corrected chi connectivity index (χ3v) is 5.01. The maximum absolute atomic E-state index is 12.3.